The highest BCUT2D eigenvalue weighted by Gasteiger charge is 2.17. The maximum atomic E-state index is 13.9. The largest absolute Gasteiger partial charge is 0.464 e. The van der Waals surface area contributed by atoms with Crippen LogP contribution in [0.15, 0.2) is 28.7 Å². The average Bonchev–Trinajstić information content (AvgIpc) is 2.80. The third kappa shape index (κ3) is 2.96. The van der Waals surface area contributed by atoms with Gasteiger partial charge < -0.3 is 15.5 Å². The Morgan fingerprint density at radius 3 is 2.35 bits per heavy atom. The number of thiocarbonyl (C=S) groups is 1. The fourth-order valence-corrected chi connectivity index (χ4v) is 1.94. The number of rotatable bonds is 4. The molecule has 1 aromatic heterocycles. The number of nitrogens with two attached hydrogens (primary N) is 1. The van der Waals surface area contributed by atoms with E-state index >= 15 is 0 Å². The normalized spacial score (nSPS) is 12.2. The third-order valence-electron chi connectivity index (χ3n) is 2.88. The Bertz CT molecular complexity index is 631. The van der Waals surface area contributed by atoms with Gasteiger partial charge in [-0.1, -0.05) is 12.2 Å². The summed E-state index contributed by atoms with van der Waals surface area (Å²) in [6.07, 6.45) is 0. The van der Waals surface area contributed by atoms with Crippen molar-refractivity contribution in [3.8, 4) is 0 Å². The van der Waals surface area contributed by atoms with Crippen molar-refractivity contribution in [1.82, 2.24) is 0 Å². The summed E-state index contributed by atoms with van der Waals surface area (Å²) < 4.78 is 33.2. The lowest BCUT2D eigenvalue weighted by atomic mass is 10.1. The summed E-state index contributed by atoms with van der Waals surface area (Å²) in [5.74, 6) is -0.163. The first kappa shape index (κ1) is 14.5. The van der Waals surface area contributed by atoms with Crippen molar-refractivity contribution in [2.75, 3.05) is 5.32 Å². The van der Waals surface area contributed by atoms with Crippen molar-refractivity contribution in [1.29, 1.82) is 0 Å². The molecule has 0 fully saturated rings. The summed E-state index contributed by atoms with van der Waals surface area (Å²) in [5.41, 5.74) is 5.28. The Morgan fingerprint density at radius 1 is 1.30 bits per heavy atom. The Balaban J connectivity index is 2.27. The molecule has 0 saturated carbocycles. The van der Waals surface area contributed by atoms with E-state index in [9.17, 15) is 8.78 Å². The second kappa shape index (κ2) is 5.58. The van der Waals surface area contributed by atoms with E-state index in [1.54, 1.807) is 26.0 Å². The Kier molecular flexibility index (Phi) is 4.04. The first-order valence-electron chi connectivity index (χ1n) is 6.00. The smallest absolute Gasteiger partial charge is 0.150 e. The van der Waals surface area contributed by atoms with Crippen molar-refractivity contribution in [3.05, 3.63) is 53.0 Å². The van der Waals surface area contributed by atoms with Crippen molar-refractivity contribution in [2.45, 2.75) is 19.9 Å². The van der Waals surface area contributed by atoms with Gasteiger partial charge in [0.15, 0.2) is 0 Å². The predicted molar refractivity (Wildman–Crippen MR) is 77.7 cm³/mol. The van der Waals surface area contributed by atoms with Gasteiger partial charge in [0, 0.05) is 5.56 Å². The van der Waals surface area contributed by atoms with Crippen LogP contribution in [0.5, 0.6) is 0 Å². The van der Waals surface area contributed by atoms with Gasteiger partial charge in [-0.2, -0.15) is 0 Å². The molecule has 1 atom stereocenters. The van der Waals surface area contributed by atoms with Crippen LogP contribution in [-0.4, -0.2) is 4.99 Å². The fraction of sp³-hybridized carbons (Fsp3) is 0.214. The van der Waals surface area contributed by atoms with Crippen molar-refractivity contribution >= 4 is 22.9 Å². The Hall–Kier alpha value is -1.95. The first-order valence-corrected chi connectivity index (χ1v) is 6.41. The topological polar surface area (TPSA) is 51.2 Å². The highest BCUT2D eigenvalue weighted by Crippen LogP contribution is 2.26. The second-order valence-electron chi connectivity index (χ2n) is 4.49. The summed E-state index contributed by atoms with van der Waals surface area (Å²) in [6, 6.07) is 5.38. The van der Waals surface area contributed by atoms with Crippen LogP contribution < -0.4 is 11.1 Å². The molecule has 0 radical (unpaired) electrons. The molecule has 0 aliphatic rings. The van der Waals surface area contributed by atoms with Gasteiger partial charge in [-0.3, -0.25) is 0 Å². The number of halogens is 2. The van der Waals surface area contributed by atoms with Crippen LogP contribution in [0.4, 0.5) is 14.5 Å². The van der Waals surface area contributed by atoms with Crippen LogP contribution in [0.2, 0.25) is 0 Å². The Labute approximate surface area is 120 Å². The number of hydrogen-bond acceptors (Lipinski definition) is 3. The molecule has 6 heteroatoms. The molecule has 106 valence electrons. The molecular formula is C14H14F2N2OS. The van der Waals surface area contributed by atoms with Gasteiger partial charge in [0.05, 0.1) is 6.04 Å². The van der Waals surface area contributed by atoms with Crippen LogP contribution in [0.25, 0.3) is 0 Å². The number of anilines is 1. The summed E-state index contributed by atoms with van der Waals surface area (Å²) >= 11 is 4.70. The summed E-state index contributed by atoms with van der Waals surface area (Å²) in [7, 11) is 0. The van der Waals surface area contributed by atoms with Gasteiger partial charge in [0.1, 0.15) is 33.8 Å². The summed E-state index contributed by atoms with van der Waals surface area (Å²) in [5, 5.41) is 2.75. The van der Waals surface area contributed by atoms with E-state index in [0.717, 1.165) is 17.9 Å². The number of aryl methyl sites for hydroxylation is 1. The number of furan rings is 1. The van der Waals surface area contributed by atoms with Crippen LogP contribution in [-0.2, 0) is 0 Å². The van der Waals surface area contributed by atoms with Crippen molar-refractivity contribution < 1.29 is 13.2 Å². The zero-order valence-corrected chi connectivity index (χ0v) is 11.9. The summed E-state index contributed by atoms with van der Waals surface area (Å²) in [6.45, 7) is 3.55. The molecule has 3 nitrogen and oxygen atoms in total. The maximum absolute atomic E-state index is 13.9. The standard InChI is InChI=1S/C14H14F2N2OS/c1-7-3-4-12(19-7)8(2)18-13-10(15)5-9(14(17)20)6-11(13)16/h3-6,8,18H,1-2H3,(H2,17,20). The van der Waals surface area contributed by atoms with Gasteiger partial charge in [-0.25, -0.2) is 8.78 Å². The molecule has 0 amide bonds. The highest BCUT2D eigenvalue weighted by molar-refractivity contribution is 7.80. The van der Waals surface area contributed by atoms with Crippen LogP contribution in [0.1, 0.15) is 30.0 Å². The number of hydrogen-bond donors (Lipinski definition) is 2. The monoisotopic (exact) mass is 296 g/mol. The van der Waals surface area contributed by atoms with E-state index < -0.39 is 11.6 Å². The molecular weight excluding hydrogens is 282 g/mol. The molecule has 1 aromatic carbocycles. The van der Waals surface area contributed by atoms with E-state index in [1.165, 1.54) is 0 Å². The molecule has 0 aliphatic carbocycles. The molecule has 2 rings (SSSR count). The van der Waals surface area contributed by atoms with Crippen LogP contribution in [0, 0.1) is 18.6 Å². The second-order valence-corrected chi connectivity index (χ2v) is 4.93. The number of nitrogens with one attached hydrogen (secondary N) is 1. The maximum Gasteiger partial charge on any atom is 0.150 e. The van der Waals surface area contributed by atoms with E-state index in [2.05, 4.69) is 5.32 Å². The minimum absolute atomic E-state index is 0.0518. The van der Waals surface area contributed by atoms with Gasteiger partial charge in [-0.05, 0) is 38.1 Å². The van der Waals surface area contributed by atoms with Gasteiger partial charge in [-0.15, -0.1) is 0 Å². The molecule has 0 bridgehead atoms. The molecule has 20 heavy (non-hydrogen) atoms. The Morgan fingerprint density at radius 2 is 1.90 bits per heavy atom. The first-order chi connectivity index (χ1) is 9.38. The minimum atomic E-state index is -0.747. The molecule has 0 spiro atoms. The quantitative estimate of drug-likeness (QED) is 0.845. The lowest BCUT2D eigenvalue weighted by Gasteiger charge is -2.15. The average molecular weight is 296 g/mol. The van der Waals surface area contributed by atoms with E-state index in [1.807, 2.05) is 0 Å². The molecule has 2 aromatic rings. The van der Waals surface area contributed by atoms with Gasteiger partial charge in [0.2, 0.25) is 0 Å². The minimum Gasteiger partial charge on any atom is -0.464 e. The molecule has 1 heterocycles. The van der Waals surface area contributed by atoms with Crippen molar-refractivity contribution in [3.63, 3.8) is 0 Å². The van der Waals surface area contributed by atoms with Gasteiger partial charge in [0.25, 0.3) is 0 Å². The van der Waals surface area contributed by atoms with Gasteiger partial charge >= 0.3 is 0 Å². The molecule has 3 N–H and O–H groups in total. The zero-order chi connectivity index (χ0) is 14.9. The SMILES string of the molecule is Cc1ccc(C(C)Nc2c(F)cc(C(N)=S)cc2F)o1. The predicted octanol–water partition coefficient (Wildman–Crippen LogP) is 3.67. The van der Waals surface area contributed by atoms with E-state index in [-0.39, 0.29) is 22.3 Å². The van der Waals surface area contributed by atoms with Crippen LogP contribution >= 0.6 is 12.2 Å². The lowest BCUT2D eigenvalue weighted by Crippen LogP contribution is -2.13. The van der Waals surface area contributed by atoms with E-state index in [0.29, 0.717) is 5.76 Å². The molecule has 0 saturated heterocycles. The fourth-order valence-electron chi connectivity index (χ4n) is 1.83. The lowest BCUT2D eigenvalue weighted by molar-refractivity contribution is 0.465. The molecule has 1 unspecified atom stereocenters. The number of benzene rings is 1. The molecule has 0 aliphatic heterocycles. The zero-order valence-electron chi connectivity index (χ0n) is 11.0. The van der Waals surface area contributed by atoms with Crippen LogP contribution in [0.3, 0.4) is 0 Å². The third-order valence-corrected chi connectivity index (χ3v) is 3.11. The van der Waals surface area contributed by atoms with E-state index in [4.69, 9.17) is 22.4 Å². The van der Waals surface area contributed by atoms with Crippen molar-refractivity contribution in [2.24, 2.45) is 5.73 Å². The summed E-state index contributed by atoms with van der Waals surface area (Å²) in [4.78, 5) is -0.0518. The highest BCUT2D eigenvalue weighted by atomic mass is 32.1.